The summed E-state index contributed by atoms with van der Waals surface area (Å²) in [5, 5.41) is 2.96. The summed E-state index contributed by atoms with van der Waals surface area (Å²) in [6.07, 6.45) is 7.67. The van der Waals surface area contributed by atoms with Crippen molar-refractivity contribution in [2.75, 3.05) is 39.3 Å². The van der Waals surface area contributed by atoms with E-state index in [1.807, 2.05) is 9.80 Å². The number of rotatable bonds is 4. The van der Waals surface area contributed by atoms with Gasteiger partial charge >= 0.3 is 6.03 Å². The van der Waals surface area contributed by atoms with E-state index in [1.165, 1.54) is 0 Å². The summed E-state index contributed by atoms with van der Waals surface area (Å²) in [5.41, 5.74) is -0.115. The number of carbonyl (C=O) groups is 2. The van der Waals surface area contributed by atoms with Gasteiger partial charge in [0.25, 0.3) is 0 Å². The lowest BCUT2D eigenvalue weighted by molar-refractivity contribution is -0.139. The zero-order valence-corrected chi connectivity index (χ0v) is 15.6. The van der Waals surface area contributed by atoms with Crippen molar-refractivity contribution in [1.82, 2.24) is 15.1 Å². The van der Waals surface area contributed by atoms with Crippen LogP contribution in [0.2, 0.25) is 0 Å². The van der Waals surface area contributed by atoms with E-state index in [4.69, 9.17) is 4.74 Å². The van der Waals surface area contributed by atoms with Crippen LogP contribution < -0.4 is 5.32 Å². The molecule has 0 radical (unpaired) electrons. The highest BCUT2D eigenvalue weighted by molar-refractivity contribution is 5.76. The molecule has 0 bridgehead atoms. The monoisotopic (exact) mass is 351 g/mol. The Hall–Kier alpha value is -1.30. The first-order valence-electron chi connectivity index (χ1n) is 10.1. The lowest BCUT2D eigenvalue weighted by atomic mass is 9.78. The number of likely N-dealkylation sites (tertiary alicyclic amines) is 2. The molecule has 3 heterocycles. The van der Waals surface area contributed by atoms with E-state index in [1.54, 1.807) is 0 Å². The molecule has 6 nitrogen and oxygen atoms in total. The van der Waals surface area contributed by atoms with Crippen LogP contribution in [0.5, 0.6) is 0 Å². The Morgan fingerprint density at radius 3 is 2.52 bits per heavy atom. The highest BCUT2D eigenvalue weighted by Gasteiger charge is 2.41. The van der Waals surface area contributed by atoms with Crippen LogP contribution in [0.4, 0.5) is 4.79 Å². The predicted octanol–water partition coefficient (Wildman–Crippen LogP) is 2.38. The third-order valence-corrected chi connectivity index (χ3v) is 6.01. The summed E-state index contributed by atoms with van der Waals surface area (Å²) in [7, 11) is 0. The predicted molar refractivity (Wildman–Crippen MR) is 96.3 cm³/mol. The van der Waals surface area contributed by atoms with Gasteiger partial charge in [-0.15, -0.1) is 0 Å². The largest absolute Gasteiger partial charge is 0.375 e. The zero-order valence-electron chi connectivity index (χ0n) is 15.6. The minimum atomic E-state index is -0.115. The molecule has 3 saturated heterocycles. The number of amides is 3. The van der Waals surface area contributed by atoms with Crippen LogP contribution in [0.1, 0.15) is 58.3 Å². The van der Waals surface area contributed by atoms with Crippen molar-refractivity contribution in [2.24, 2.45) is 5.92 Å². The van der Waals surface area contributed by atoms with Gasteiger partial charge in [0.15, 0.2) is 0 Å². The fourth-order valence-electron chi connectivity index (χ4n) is 4.46. The minimum absolute atomic E-state index is 0.0493. The molecule has 0 saturated carbocycles. The Morgan fingerprint density at radius 2 is 1.84 bits per heavy atom. The standard InChI is InChI=1S/C19H33N3O3/c1-2-8-20-18(24)22-11-6-19(7-12-22)15-16(5-13-25-19)14-17(23)21-9-3-4-10-21/h16H,2-15H2,1H3,(H,20,24). The third kappa shape index (κ3) is 4.66. The van der Waals surface area contributed by atoms with Gasteiger partial charge in [-0.1, -0.05) is 6.92 Å². The Labute approximate surface area is 151 Å². The maximum absolute atomic E-state index is 12.5. The van der Waals surface area contributed by atoms with Crippen LogP contribution >= 0.6 is 0 Å². The van der Waals surface area contributed by atoms with E-state index in [0.29, 0.717) is 18.2 Å². The summed E-state index contributed by atoms with van der Waals surface area (Å²) < 4.78 is 6.17. The molecule has 0 aromatic carbocycles. The molecule has 25 heavy (non-hydrogen) atoms. The highest BCUT2D eigenvalue weighted by Crippen LogP contribution is 2.39. The highest BCUT2D eigenvalue weighted by atomic mass is 16.5. The lowest BCUT2D eigenvalue weighted by Gasteiger charge is -2.46. The Balaban J connectivity index is 1.48. The Bertz CT molecular complexity index is 469. The molecule has 3 aliphatic rings. The van der Waals surface area contributed by atoms with Crippen molar-refractivity contribution in [2.45, 2.75) is 63.9 Å². The summed E-state index contributed by atoms with van der Waals surface area (Å²) in [4.78, 5) is 28.5. The minimum Gasteiger partial charge on any atom is -0.375 e. The van der Waals surface area contributed by atoms with Crippen molar-refractivity contribution in [3.8, 4) is 0 Å². The van der Waals surface area contributed by atoms with Crippen molar-refractivity contribution >= 4 is 11.9 Å². The molecule has 3 fully saturated rings. The maximum Gasteiger partial charge on any atom is 0.317 e. The number of hydrogen-bond donors (Lipinski definition) is 1. The fraction of sp³-hybridized carbons (Fsp3) is 0.895. The fourth-order valence-corrected chi connectivity index (χ4v) is 4.46. The first-order chi connectivity index (χ1) is 12.1. The molecule has 1 unspecified atom stereocenters. The van der Waals surface area contributed by atoms with Crippen LogP contribution in [0.15, 0.2) is 0 Å². The van der Waals surface area contributed by atoms with Gasteiger partial charge in [0.05, 0.1) is 5.60 Å². The first-order valence-corrected chi connectivity index (χ1v) is 10.1. The second kappa shape index (κ2) is 8.39. The van der Waals surface area contributed by atoms with Crippen LogP contribution in [0.3, 0.4) is 0 Å². The number of carbonyl (C=O) groups excluding carboxylic acids is 2. The van der Waals surface area contributed by atoms with Gasteiger partial charge in [-0.25, -0.2) is 4.79 Å². The molecule has 0 aliphatic carbocycles. The van der Waals surface area contributed by atoms with E-state index in [2.05, 4.69) is 12.2 Å². The maximum atomic E-state index is 12.5. The molecule has 3 amide bonds. The third-order valence-electron chi connectivity index (χ3n) is 6.01. The van der Waals surface area contributed by atoms with E-state index in [0.717, 1.165) is 84.3 Å². The van der Waals surface area contributed by atoms with Gasteiger partial charge in [0, 0.05) is 45.8 Å². The molecule has 0 aromatic heterocycles. The van der Waals surface area contributed by atoms with Crippen molar-refractivity contribution in [1.29, 1.82) is 0 Å². The summed E-state index contributed by atoms with van der Waals surface area (Å²) in [5.74, 6) is 0.762. The molecular formula is C19H33N3O3. The van der Waals surface area contributed by atoms with Crippen LogP contribution in [0.25, 0.3) is 0 Å². The summed E-state index contributed by atoms with van der Waals surface area (Å²) in [6.45, 7) is 6.93. The van der Waals surface area contributed by atoms with E-state index in [-0.39, 0.29) is 11.6 Å². The molecule has 1 atom stereocenters. The number of urea groups is 1. The van der Waals surface area contributed by atoms with Gasteiger partial charge in [0.1, 0.15) is 0 Å². The van der Waals surface area contributed by atoms with Gasteiger partial charge in [-0.2, -0.15) is 0 Å². The van der Waals surface area contributed by atoms with Gasteiger partial charge in [-0.05, 0) is 50.9 Å². The number of ether oxygens (including phenoxy) is 1. The molecule has 6 heteroatoms. The molecular weight excluding hydrogens is 318 g/mol. The topological polar surface area (TPSA) is 61.9 Å². The normalized spacial score (nSPS) is 26.0. The number of nitrogens with one attached hydrogen (secondary N) is 1. The van der Waals surface area contributed by atoms with Crippen LogP contribution in [-0.2, 0) is 9.53 Å². The summed E-state index contributed by atoms with van der Waals surface area (Å²) in [6, 6.07) is 0.0493. The van der Waals surface area contributed by atoms with Crippen molar-refractivity contribution in [3.05, 3.63) is 0 Å². The number of nitrogens with zero attached hydrogens (tertiary/aromatic N) is 2. The smallest absolute Gasteiger partial charge is 0.317 e. The Morgan fingerprint density at radius 1 is 1.12 bits per heavy atom. The quantitative estimate of drug-likeness (QED) is 0.846. The van der Waals surface area contributed by atoms with Crippen molar-refractivity contribution < 1.29 is 14.3 Å². The molecule has 3 rings (SSSR count). The number of hydrogen-bond acceptors (Lipinski definition) is 3. The SMILES string of the molecule is CCCNC(=O)N1CCC2(CC1)CC(CC(=O)N1CCCC1)CCO2. The van der Waals surface area contributed by atoms with E-state index >= 15 is 0 Å². The van der Waals surface area contributed by atoms with Crippen LogP contribution in [0, 0.1) is 5.92 Å². The Kier molecular flexibility index (Phi) is 6.20. The average Bonchev–Trinajstić information content (AvgIpc) is 3.15. The first kappa shape index (κ1) is 18.5. The molecule has 1 N–H and O–H groups in total. The van der Waals surface area contributed by atoms with E-state index in [9.17, 15) is 9.59 Å². The van der Waals surface area contributed by atoms with Gasteiger partial charge in [0.2, 0.25) is 5.91 Å². The molecule has 142 valence electrons. The number of piperidine rings is 1. The lowest BCUT2D eigenvalue weighted by Crippen LogP contribution is -2.53. The summed E-state index contributed by atoms with van der Waals surface area (Å²) >= 11 is 0. The molecule has 3 aliphatic heterocycles. The van der Waals surface area contributed by atoms with Crippen molar-refractivity contribution in [3.63, 3.8) is 0 Å². The molecule has 0 aromatic rings. The zero-order chi connectivity index (χ0) is 17.7. The van der Waals surface area contributed by atoms with Crippen LogP contribution in [-0.4, -0.2) is 66.7 Å². The second-order valence-corrected chi connectivity index (χ2v) is 7.90. The van der Waals surface area contributed by atoms with E-state index < -0.39 is 0 Å². The molecule has 1 spiro atoms. The second-order valence-electron chi connectivity index (χ2n) is 7.90. The van der Waals surface area contributed by atoms with Gasteiger partial charge < -0.3 is 19.9 Å². The van der Waals surface area contributed by atoms with Gasteiger partial charge in [-0.3, -0.25) is 4.79 Å². The average molecular weight is 351 g/mol.